The molecule has 1 fully saturated rings. The Balaban J connectivity index is 2.17. The third-order valence-electron chi connectivity index (χ3n) is 0.918. The average molecular weight is 261 g/mol. The van der Waals surface area contributed by atoms with Crippen LogP contribution in [0.1, 0.15) is 0 Å². The number of nitrogens with zero attached hydrogens (tertiary/aromatic N) is 1. The second-order valence-electron chi connectivity index (χ2n) is 1.55. The molecule has 1 rings (SSSR count). The predicted octanol–water partition coefficient (Wildman–Crippen LogP) is 2.03. The molecule has 1 nitrogen and oxygen atoms in total. The Hall–Kier alpha value is 1.39. The maximum absolute atomic E-state index is 2.39. The van der Waals surface area contributed by atoms with Crippen LogP contribution in [0.3, 0.4) is 0 Å². The standard InChI is InChI=1S/C4H8INS2/c5-6-1-3-7-8-4-2-6/h1-4H2. The molecular formula is C4H8INS2. The summed E-state index contributed by atoms with van der Waals surface area (Å²) >= 11 is 2.39. The van der Waals surface area contributed by atoms with E-state index in [1.54, 1.807) is 0 Å². The van der Waals surface area contributed by atoms with Crippen LogP contribution in [0.5, 0.6) is 0 Å². The summed E-state index contributed by atoms with van der Waals surface area (Å²) < 4.78 is 2.35. The molecule has 0 spiro atoms. The van der Waals surface area contributed by atoms with Gasteiger partial charge in [-0.15, -0.1) is 0 Å². The molecule has 8 heavy (non-hydrogen) atoms. The zero-order chi connectivity index (χ0) is 5.82. The molecule has 0 saturated carbocycles. The van der Waals surface area contributed by atoms with Crippen LogP contribution in [0.25, 0.3) is 0 Å². The van der Waals surface area contributed by atoms with E-state index in [0.717, 1.165) is 0 Å². The van der Waals surface area contributed by atoms with Gasteiger partial charge in [-0.25, -0.2) is 3.11 Å². The van der Waals surface area contributed by atoms with Gasteiger partial charge in [0.25, 0.3) is 0 Å². The Morgan fingerprint density at radius 1 is 1.12 bits per heavy atom. The molecule has 0 atom stereocenters. The lowest BCUT2D eigenvalue weighted by Gasteiger charge is -2.06. The molecule has 0 radical (unpaired) electrons. The third-order valence-corrected chi connectivity index (χ3v) is 4.25. The van der Waals surface area contributed by atoms with Gasteiger partial charge in [0.15, 0.2) is 0 Å². The minimum absolute atomic E-state index is 1.25. The summed E-state index contributed by atoms with van der Waals surface area (Å²) in [5.41, 5.74) is 0. The molecule has 0 bridgehead atoms. The quantitative estimate of drug-likeness (QED) is 0.373. The van der Waals surface area contributed by atoms with Crippen LogP contribution < -0.4 is 0 Å². The molecule has 1 aliphatic rings. The largest absolute Gasteiger partial charge is 0.246 e. The summed E-state index contributed by atoms with van der Waals surface area (Å²) in [6.45, 7) is 2.50. The van der Waals surface area contributed by atoms with Crippen LogP contribution >= 0.6 is 44.5 Å². The molecule has 0 amide bonds. The zero-order valence-corrected chi connectivity index (χ0v) is 8.26. The molecule has 0 aliphatic carbocycles. The molecular weight excluding hydrogens is 253 g/mol. The van der Waals surface area contributed by atoms with Gasteiger partial charge >= 0.3 is 0 Å². The van der Waals surface area contributed by atoms with Gasteiger partial charge in [-0.05, 0) is 0 Å². The first-order chi connectivity index (χ1) is 3.89. The molecule has 48 valence electrons. The third kappa shape index (κ3) is 2.80. The lowest BCUT2D eigenvalue weighted by molar-refractivity contribution is 0.579. The van der Waals surface area contributed by atoms with Gasteiger partial charge in [0.2, 0.25) is 0 Å². The Morgan fingerprint density at radius 2 is 1.62 bits per heavy atom. The summed E-state index contributed by atoms with van der Waals surface area (Å²) in [5, 5.41) is 0. The zero-order valence-electron chi connectivity index (χ0n) is 4.47. The molecule has 0 aromatic carbocycles. The van der Waals surface area contributed by atoms with E-state index in [2.05, 4.69) is 26.0 Å². The fourth-order valence-corrected chi connectivity index (χ4v) is 3.62. The van der Waals surface area contributed by atoms with Gasteiger partial charge in [0.1, 0.15) is 0 Å². The van der Waals surface area contributed by atoms with Crippen LogP contribution in [-0.2, 0) is 0 Å². The number of rotatable bonds is 0. The highest BCUT2D eigenvalue weighted by Gasteiger charge is 2.04. The fraction of sp³-hybridized carbons (Fsp3) is 1.00. The Morgan fingerprint density at radius 3 is 2.12 bits per heavy atom. The highest BCUT2D eigenvalue weighted by molar-refractivity contribution is 14.1. The number of halogens is 1. The average Bonchev–Trinajstić information content (AvgIpc) is 1.94. The smallest absolute Gasteiger partial charge is 0.0202 e. The summed E-state index contributed by atoms with van der Waals surface area (Å²) in [6.07, 6.45) is 0. The van der Waals surface area contributed by atoms with Crippen LogP contribution in [0.15, 0.2) is 0 Å². The predicted molar refractivity (Wildman–Crippen MR) is 50.5 cm³/mol. The first-order valence-electron chi connectivity index (χ1n) is 2.55. The minimum Gasteiger partial charge on any atom is -0.246 e. The highest BCUT2D eigenvalue weighted by Crippen LogP contribution is 2.24. The van der Waals surface area contributed by atoms with E-state index in [4.69, 9.17) is 0 Å². The molecule has 4 heteroatoms. The maximum Gasteiger partial charge on any atom is 0.0202 e. The molecule has 1 saturated heterocycles. The van der Waals surface area contributed by atoms with Gasteiger partial charge in [0, 0.05) is 47.5 Å². The van der Waals surface area contributed by atoms with Crippen molar-refractivity contribution >= 4 is 44.5 Å². The van der Waals surface area contributed by atoms with E-state index in [9.17, 15) is 0 Å². The van der Waals surface area contributed by atoms with Crippen molar-refractivity contribution in [3.63, 3.8) is 0 Å². The normalized spacial score (nSPS) is 25.1. The molecule has 1 heterocycles. The topological polar surface area (TPSA) is 3.24 Å². The van der Waals surface area contributed by atoms with Crippen molar-refractivity contribution in [2.45, 2.75) is 0 Å². The summed E-state index contributed by atoms with van der Waals surface area (Å²) in [5.74, 6) is 2.57. The van der Waals surface area contributed by atoms with Crippen LogP contribution in [0.2, 0.25) is 0 Å². The molecule has 0 aromatic rings. The van der Waals surface area contributed by atoms with Crippen molar-refractivity contribution < 1.29 is 0 Å². The van der Waals surface area contributed by atoms with E-state index < -0.39 is 0 Å². The van der Waals surface area contributed by atoms with Crippen molar-refractivity contribution in [1.29, 1.82) is 0 Å². The van der Waals surface area contributed by atoms with Crippen LogP contribution in [0.4, 0.5) is 0 Å². The van der Waals surface area contributed by atoms with Crippen molar-refractivity contribution in [1.82, 2.24) is 3.11 Å². The van der Waals surface area contributed by atoms with Gasteiger partial charge in [-0.2, -0.15) is 0 Å². The first-order valence-corrected chi connectivity index (χ1v) is 6.00. The molecule has 0 N–H and O–H groups in total. The number of hydrogen-bond acceptors (Lipinski definition) is 3. The van der Waals surface area contributed by atoms with E-state index in [1.807, 2.05) is 21.6 Å². The van der Waals surface area contributed by atoms with E-state index in [1.165, 1.54) is 24.6 Å². The monoisotopic (exact) mass is 261 g/mol. The molecule has 0 aromatic heterocycles. The van der Waals surface area contributed by atoms with Crippen molar-refractivity contribution in [3.05, 3.63) is 0 Å². The van der Waals surface area contributed by atoms with E-state index >= 15 is 0 Å². The van der Waals surface area contributed by atoms with Gasteiger partial charge in [-0.3, -0.25) is 0 Å². The van der Waals surface area contributed by atoms with Gasteiger partial charge in [0.05, 0.1) is 0 Å². The summed E-state index contributed by atoms with van der Waals surface area (Å²) in [4.78, 5) is 0. The molecule has 1 aliphatic heterocycles. The lowest BCUT2D eigenvalue weighted by atomic mass is 10.7. The first kappa shape index (κ1) is 7.50. The van der Waals surface area contributed by atoms with Gasteiger partial charge in [-0.1, -0.05) is 21.6 Å². The molecule has 0 unspecified atom stereocenters. The van der Waals surface area contributed by atoms with E-state index in [0.29, 0.717) is 0 Å². The second-order valence-corrected chi connectivity index (χ2v) is 5.62. The van der Waals surface area contributed by atoms with Crippen molar-refractivity contribution in [2.24, 2.45) is 0 Å². The number of hydrogen-bond donors (Lipinski definition) is 0. The minimum atomic E-state index is 1.25. The fourth-order valence-electron chi connectivity index (χ4n) is 0.502. The van der Waals surface area contributed by atoms with Gasteiger partial charge < -0.3 is 0 Å². The second kappa shape index (κ2) is 4.24. The Labute approximate surface area is 71.9 Å². The van der Waals surface area contributed by atoms with Crippen LogP contribution in [0, 0.1) is 0 Å². The highest BCUT2D eigenvalue weighted by atomic mass is 127. The lowest BCUT2D eigenvalue weighted by Crippen LogP contribution is -2.14. The summed E-state index contributed by atoms with van der Waals surface area (Å²) in [6, 6.07) is 0. The Kier molecular flexibility index (Phi) is 3.98. The maximum atomic E-state index is 2.39. The van der Waals surface area contributed by atoms with Crippen molar-refractivity contribution in [3.8, 4) is 0 Å². The van der Waals surface area contributed by atoms with Crippen molar-refractivity contribution in [2.75, 3.05) is 24.6 Å². The van der Waals surface area contributed by atoms with Crippen LogP contribution in [-0.4, -0.2) is 27.7 Å². The summed E-state index contributed by atoms with van der Waals surface area (Å²) in [7, 11) is 3.98. The Bertz CT molecular complexity index is 63.1. The SMILES string of the molecule is IN1CCSSCC1. The van der Waals surface area contributed by atoms with E-state index in [-0.39, 0.29) is 0 Å².